The molecule has 0 amide bonds. The molecule has 2 rings (SSSR count). The molecule has 2 nitrogen and oxygen atoms in total. The van der Waals surface area contributed by atoms with Crippen molar-refractivity contribution in [3.63, 3.8) is 0 Å². The van der Waals surface area contributed by atoms with Gasteiger partial charge in [0.2, 0.25) is 0 Å². The fourth-order valence-electron chi connectivity index (χ4n) is 1.05. The molecule has 14 heavy (non-hydrogen) atoms. The van der Waals surface area contributed by atoms with Crippen LogP contribution >= 0.6 is 12.2 Å². The molecular formula is C11H10O2S. The van der Waals surface area contributed by atoms with E-state index < -0.39 is 0 Å². The van der Waals surface area contributed by atoms with Crippen LogP contribution in [0.5, 0.6) is 0 Å². The van der Waals surface area contributed by atoms with E-state index in [1.807, 2.05) is 42.5 Å². The van der Waals surface area contributed by atoms with Crippen molar-refractivity contribution in [1.82, 2.24) is 0 Å². The summed E-state index contributed by atoms with van der Waals surface area (Å²) in [6, 6.07) is 13.9. The zero-order valence-corrected chi connectivity index (χ0v) is 8.28. The average molecular weight is 206 g/mol. The van der Waals surface area contributed by atoms with E-state index >= 15 is 0 Å². The van der Waals surface area contributed by atoms with Crippen LogP contribution < -0.4 is 0 Å². The first-order valence-electron chi connectivity index (χ1n) is 4.05. The predicted molar refractivity (Wildman–Crippen MR) is 60.4 cm³/mol. The number of hydrogen-bond donors (Lipinski definition) is 1. The lowest BCUT2D eigenvalue weighted by atomic mass is 10.2. The van der Waals surface area contributed by atoms with Gasteiger partial charge in [-0.15, -0.1) is 0 Å². The molecule has 0 bridgehead atoms. The number of rotatable bonds is 1. The van der Waals surface area contributed by atoms with Gasteiger partial charge < -0.3 is 9.52 Å². The third-order valence-corrected chi connectivity index (χ3v) is 1.58. The molecule has 0 aliphatic rings. The second-order valence-corrected chi connectivity index (χ2v) is 2.66. The molecule has 0 saturated heterocycles. The van der Waals surface area contributed by atoms with Crippen LogP contribution in [0.25, 0.3) is 11.3 Å². The molecule has 72 valence electrons. The second-order valence-electron chi connectivity index (χ2n) is 2.45. The van der Waals surface area contributed by atoms with E-state index in [9.17, 15) is 0 Å². The summed E-state index contributed by atoms with van der Waals surface area (Å²) in [5, 5.41) is 7.26. The van der Waals surface area contributed by atoms with Gasteiger partial charge >= 0.3 is 0 Å². The smallest absolute Gasteiger partial charge is 0.142 e. The molecule has 0 aliphatic heterocycles. The minimum absolute atomic E-state index is 0.583. The lowest BCUT2D eigenvalue weighted by Gasteiger charge is -1.92. The zero-order valence-electron chi connectivity index (χ0n) is 7.46. The predicted octanol–water partition coefficient (Wildman–Crippen LogP) is 3.45. The van der Waals surface area contributed by atoms with E-state index in [0.29, 0.717) is 5.55 Å². The Hall–Kier alpha value is -1.61. The van der Waals surface area contributed by atoms with E-state index in [4.69, 9.17) is 9.52 Å². The maximum Gasteiger partial charge on any atom is 0.142 e. The van der Waals surface area contributed by atoms with Crippen LogP contribution in [0.3, 0.4) is 0 Å². The van der Waals surface area contributed by atoms with Crippen molar-refractivity contribution in [3.8, 4) is 11.3 Å². The van der Waals surface area contributed by atoms with Crippen LogP contribution in [-0.2, 0) is 0 Å². The molecule has 2 aromatic rings. The van der Waals surface area contributed by atoms with Crippen molar-refractivity contribution in [2.75, 3.05) is 0 Å². The van der Waals surface area contributed by atoms with Gasteiger partial charge in [-0.05, 0) is 24.4 Å². The van der Waals surface area contributed by atoms with Crippen LogP contribution in [0.15, 0.2) is 53.1 Å². The van der Waals surface area contributed by atoms with Gasteiger partial charge in [0.1, 0.15) is 11.3 Å². The Morgan fingerprint density at radius 3 is 2.21 bits per heavy atom. The van der Waals surface area contributed by atoms with Gasteiger partial charge in [0.15, 0.2) is 0 Å². The first kappa shape index (κ1) is 10.5. The third-order valence-electron chi connectivity index (χ3n) is 1.58. The standard InChI is InChI=1S/C10H8O.CH2OS/c1-2-5-9(6-3-1)10-7-4-8-11-10;2-1-3/h1-8H;1H,(H,2,3). The molecule has 0 saturated carbocycles. The number of furan rings is 1. The molecule has 1 heterocycles. The Kier molecular flexibility index (Phi) is 4.44. The summed E-state index contributed by atoms with van der Waals surface area (Å²) >= 11 is 3.82. The number of aliphatic hydroxyl groups is 1. The van der Waals surface area contributed by atoms with Crippen LogP contribution in [0.2, 0.25) is 0 Å². The quantitative estimate of drug-likeness (QED) is 0.725. The Morgan fingerprint density at radius 2 is 1.71 bits per heavy atom. The van der Waals surface area contributed by atoms with Crippen molar-refractivity contribution in [2.24, 2.45) is 0 Å². The van der Waals surface area contributed by atoms with Gasteiger partial charge in [0.25, 0.3) is 0 Å². The lowest BCUT2D eigenvalue weighted by Crippen LogP contribution is -1.69. The minimum atomic E-state index is 0.583. The molecular weight excluding hydrogens is 196 g/mol. The summed E-state index contributed by atoms with van der Waals surface area (Å²) in [6.07, 6.45) is 1.68. The van der Waals surface area contributed by atoms with E-state index in [1.54, 1.807) is 6.26 Å². The van der Waals surface area contributed by atoms with Gasteiger partial charge in [-0.2, -0.15) is 0 Å². The SMILES string of the molecule is OC=S.c1ccc(-c2ccco2)cc1. The number of aliphatic hydroxyl groups excluding tert-OH is 1. The lowest BCUT2D eigenvalue weighted by molar-refractivity contribution is 0.582. The van der Waals surface area contributed by atoms with Crippen molar-refractivity contribution >= 4 is 17.8 Å². The van der Waals surface area contributed by atoms with E-state index in [2.05, 4.69) is 12.2 Å². The molecule has 0 atom stereocenters. The topological polar surface area (TPSA) is 33.4 Å². The van der Waals surface area contributed by atoms with E-state index in [-0.39, 0.29) is 0 Å². The molecule has 0 spiro atoms. The normalized spacial score (nSPS) is 8.57. The Morgan fingerprint density at radius 1 is 1.07 bits per heavy atom. The maximum absolute atomic E-state index is 7.26. The van der Waals surface area contributed by atoms with Gasteiger partial charge in [0, 0.05) is 5.56 Å². The van der Waals surface area contributed by atoms with Gasteiger partial charge in [-0.3, -0.25) is 0 Å². The van der Waals surface area contributed by atoms with Crippen LogP contribution in [-0.4, -0.2) is 10.7 Å². The number of benzene rings is 1. The van der Waals surface area contributed by atoms with E-state index in [0.717, 1.165) is 11.3 Å². The van der Waals surface area contributed by atoms with Crippen molar-refractivity contribution in [3.05, 3.63) is 48.7 Å². The third kappa shape index (κ3) is 3.03. The molecule has 3 heteroatoms. The van der Waals surface area contributed by atoms with Gasteiger partial charge in [0.05, 0.1) is 6.26 Å². The summed E-state index contributed by atoms with van der Waals surface area (Å²) < 4.78 is 5.22. The minimum Gasteiger partial charge on any atom is -0.504 e. The first-order chi connectivity index (χ1) is 6.88. The summed E-state index contributed by atoms with van der Waals surface area (Å²) in [7, 11) is 0. The second kappa shape index (κ2) is 5.94. The molecule has 1 N–H and O–H groups in total. The van der Waals surface area contributed by atoms with E-state index in [1.165, 1.54) is 0 Å². The molecule has 0 radical (unpaired) electrons. The van der Waals surface area contributed by atoms with Crippen LogP contribution in [0.4, 0.5) is 0 Å². The largest absolute Gasteiger partial charge is 0.504 e. The Labute approximate surface area is 87.8 Å². The monoisotopic (exact) mass is 206 g/mol. The summed E-state index contributed by atoms with van der Waals surface area (Å²) in [6.45, 7) is 0. The fourth-order valence-corrected chi connectivity index (χ4v) is 1.05. The molecule has 0 aliphatic carbocycles. The van der Waals surface area contributed by atoms with Crippen molar-refractivity contribution in [2.45, 2.75) is 0 Å². The zero-order chi connectivity index (χ0) is 10.2. The van der Waals surface area contributed by atoms with Crippen molar-refractivity contribution < 1.29 is 9.52 Å². The maximum atomic E-state index is 7.26. The molecule has 0 fully saturated rings. The summed E-state index contributed by atoms with van der Waals surface area (Å²) in [4.78, 5) is 0. The van der Waals surface area contributed by atoms with Gasteiger partial charge in [-0.1, -0.05) is 30.3 Å². The van der Waals surface area contributed by atoms with Crippen molar-refractivity contribution in [1.29, 1.82) is 0 Å². The average Bonchev–Trinajstić information content (AvgIpc) is 2.73. The number of thiocarbonyl (C=S) groups is 1. The first-order valence-corrected chi connectivity index (χ1v) is 4.52. The summed E-state index contributed by atoms with van der Waals surface area (Å²) in [5.74, 6) is 0.922. The van der Waals surface area contributed by atoms with Crippen LogP contribution in [0.1, 0.15) is 0 Å². The molecule has 0 unspecified atom stereocenters. The van der Waals surface area contributed by atoms with Crippen LogP contribution in [0, 0.1) is 0 Å². The fraction of sp³-hybridized carbons (Fsp3) is 0. The molecule has 1 aromatic carbocycles. The number of hydrogen-bond acceptors (Lipinski definition) is 2. The summed E-state index contributed by atoms with van der Waals surface area (Å²) in [5.41, 5.74) is 1.71. The highest BCUT2D eigenvalue weighted by Gasteiger charge is 1.95. The Bertz CT molecular complexity index is 354. The van der Waals surface area contributed by atoms with Gasteiger partial charge in [-0.25, -0.2) is 0 Å². The highest BCUT2D eigenvalue weighted by Crippen LogP contribution is 2.18. The highest BCUT2D eigenvalue weighted by molar-refractivity contribution is 7.78. The Balaban J connectivity index is 0.000000293. The highest BCUT2D eigenvalue weighted by atomic mass is 32.1. The molecule has 1 aromatic heterocycles.